The summed E-state index contributed by atoms with van der Waals surface area (Å²) in [7, 11) is 0. The van der Waals surface area contributed by atoms with E-state index in [0.29, 0.717) is 0 Å². The van der Waals surface area contributed by atoms with E-state index in [1.807, 2.05) is 13.0 Å². The van der Waals surface area contributed by atoms with Gasteiger partial charge in [0.05, 0.1) is 5.60 Å². The number of rotatable bonds is 1. The summed E-state index contributed by atoms with van der Waals surface area (Å²) in [6.45, 7) is 5.42. The summed E-state index contributed by atoms with van der Waals surface area (Å²) in [6.07, 6.45) is 1.71. The highest BCUT2D eigenvalue weighted by Crippen LogP contribution is 2.27. The van der Waals surface area contributed by atoms with Gasteiger partial charge in [0.1, 0.15) is 0 Å². The summed E-state index contributed by atoms with van der Waals surface area (Å²) in [5.74, 6) is 0. The average molecular weight is 230 g/mol. The van der Waals surface area contributed by atoms with E-state index in [2.05, 4.69) is 20.9 Å². The van der Waals surface area contributed by atoms with Crippen LogP contribution in [0.4, 0.5) is 0 Å². The third-order valence-corrected chi connectivity index (χ3v) is 2.28. The van der Waals surface area contributed by atoms with Crippen LogP contribution in [-0.2, 0) is 5.60 Å². The van der Waals surface area contributed by atoms with E-state index in [-0.39, 0.29) is 0 Å². The van der Waals surface area contributed by atoms with Crippen LogP contribution < -0.4 is 0 Å². The fourth-order valence-electron chi connectivity index (χ4n) is 1.01. The Balaban J connectivity index is 3.23. The molecule has 1 aromatic rings. The molecule has 0 aliphatic carbocycles. The van der Waals surface area contributed by atoms with Crippen molar-refractivity contribution in [1.29, 1.82) is 0 Å². The summed E-state index contributed by atoms with van der Waals surface area (Å²) in [5.41, 5.74) is 0.970. The first-order chi connectivity index (χ1) is 5.41. The fraction of sp³-hybridized carbons (Fsp3) is 0.444. The lowest BCUT2D eigenvalue weighted by molar-refractivity contribution is 0.0776. The monoisotopic (exact) mass is 229 g/mol. The van der Waals surface area contributed by atoms with E-state index in [0.717, 1.165) is 15.7 Å². The number of nitrogens with zero attached hydrogens (tertiary/aromatic N) is 1. The molecular formula is C9H12BrNO. The van der Waals surface area contributed by atoms with Crippen molar-refractivity contribution >= 4 is 15.9 Å². The highest BCUT2D eigenvalue weighted by atomic mass is 79.9. The van der Waals surface area contributed by atoms with Crippen LogP contribution in [0.2, 0.25) is 0 Å². The average Bonchev–Trinajstić information content (AvgIpc) is 1.92. The molecule has 0 amide bonds. The van der Waals surface area contributed by atoms with Crippen molar-refractivity contribution in [3.63, 3.8) is 0 Å². The largest absolute Gasteiger partial charge is 0.386 e. The van der Waals surface area contributed by atoms with Crippen LogP contribution in [-0.4, -0.2) is 10.1 Å². The number of halogens is 1. The first-order valence-electron chi connectivity index (χ1n) is 3.76. The van der Waals surface area contributed by atoms with E-state index in [9.17, 15) is 5.11 Å². The molecule has 1 heterocycles. The molecule has 12 heavy (non-hydrogen) atoms. The van der Waals surface area contributed by atoms with Crippen LogP contribution in [0.5, 0.6) is 0 Å². The number of hydrogen-bond acceptors (Lipinski definition) is 2. The molecule has 2 nitrogen and oxygen atoms in total. The Morgan fingerprint density at radius 3 is 2.50 bits per heavy atom. The zero-order valence-electron chi connectivity index (χ0n) is 7.43. The van der Waals surface area contributed by atoms with Gasteiger partial charge in [-0.3, -0.25) is 4.98 Å². The van der Waals surface area contributed by atoms with Gasteiger partial charge >= 0.3 is 0 Å². The van der Waals surface area contributed by atoms with Crippen molar-refractivity contribution in [2.24, 2.45) is 0 Å². The molecule has 1 aromatic heterocycles. The van der Waals surface area contributed by atoms with Crippen molar-refractivity contribution in [2.75, 3.05) is 0 Å². The van der Waals surface area contributed by atoms with E-state index >= 15 is 0 Å². The molecule has 0 saturated heterocycles. The Morgan fingerprint density at radius 2 is 2.08 bits per heavy atom. The second kappa shape index (κ2) is 3.15. The molecule has 66 valence electrons. The van der Waals surface area contributed by atoms with Gasteiger partial charge < -0.3 is 5.11 Å². The molecule has 0 fully saturated rings. The molecule has 0 atom stereocenters. The van der Waals surface area contributed by atoms with Crippen LogP contribution in [0.1, 0.15) is 25.1 Å². The summed E-state index contributed by atoms with van der Waals surface area (Å²) in [6, 6.07) is 1.88. The van der Waals surface area contributed by atoms with Gasteiger partial charge in [0.25, 0.3) is 0 Å². The van der Waals surface area contributed by atoms with E-state index in [1.54, 1.807) is 20.0 Å². The molecule has 0 aliphatic rings. The van der Waals surface area contributed by atoms with Crippen molar-refractivity contribution in [1.82, 2.24) is 4.98 Å². The van der Waals surface area contributed by atoms with Gasteiger partial charge in [-0.15, -0.1) is 0 Å². The first-order valence-corrected chi connectivity index (χ1v) is 4.55. The number of aryl methyl sites for hydroxylation is 1. The third-order valence-electron chi connectivity index (χ3n) is 1.65. The predicted octanol–water partition coefficient (Wildman–Crippen LogP) is 2.38. The zero-order chi connectivity index (χ0) is 9.35. The third kappa shape index (κ3) is 2.05. The number of aliphatic hydroxyl groups is 1. The topological polar surface area (TPSA) is 33.1 Å². The van der Waals surface area contributed by atoms with Gasteiger partial charge in [0.15, 0.2) is 0 Å². The standard InChI is InChI=1S/C9H12BrNO/c1-6-4-7(9(2,3)12)8(10)5-11-6/h4-5,12H,1-3H3. The lowest BCUT2D eigenvalue weighted by atomic mass is 9.99. The molecular weight excluding hydrogens is 218 g/mol. The quantitative estimate of drug-likeness (QED) is 0.803. The van der Waals surface area contributed by atoms with Crippen LogP contribution in [0.3, 0.4) is 0 Å². The Kier molecular flexibility index (Phi) is 2.54. The molecule has 1 N–H and O–H groups in total. The molecule has 3 heteroatoms. The van der Waals surface area contributed by atoms with Crippen LogP contribution in [0.25, 0.3) is 0 Å². The maximum atomic E-state index is 9.74. The van der Waals surface area contributed by atoms with Crippen molar-refractivity contribution in [3.8, 4) is 0 Å². The van der Waals surface area contributed by atoms with Crippen molar-refractivity contribution in [2.45, 2.75) is 26.4 Å². The van der Waals surface area contributed by atoms with E-state index < -0.39 is 5.60 Å². The lowest BCUT2D eigenvalue weighted by Gasteiger charge is -2.19. The molecule has 0 aliphatic heterocycles. The number of pyridine rings is 1. The normalized spacial score (nSPS) is 11.8. The molecule has 0 saturated carbocycles. The Bertz CT molecular complexity index is 291. The van der Waals surface area contributed by atoms with Crippen LogP contribution in [0, 0.1) is 6.92 Å². The zero-order valence-corrected chi connectivity index (χ0v) is 9.01. The molecule has 0 unspecified atom stereocenters. The summed E-state index contributed by atoms with van der Waals surface area (Å²) < 4.78 is 0.848. The number of hydrogen-bond donors (Lipinski definition) is 1. The molecule has 1 rings (SSSR count). The summed E-state index contributed by atoms with van der Waals surface area (Å²) in [5, 5.41) is 9.74. The minimum Gasteiger partial charge on any atom is -0.386 e. The fourth-order valence-corrected chi connectivity index (χ4v) is 1.71. The smallest absolute Gasteiger partial charge is 0.0852 e. The summed E-state index contributed by atoms with van der Waals surface area (Å²) >= 11 is 3.34. The van der Waals surface area contributed by atoms with Gasteiger partial charge in [0, 0.05) is 21.9 Å². The molecule has 0 aromatic carbocycles. The Hall–Kier alpha value is -0.410. The SMILES string of the molecule is Cc1cc(C(C)(C)O)c(Br)cn1. The molecule has 0 spiro atoms. The molecule has 0 bridgehead atoms. The highest BCUT2D eigenvalue weighted by molar-refractivity contribution is 9.10. The lowest BCUT2D eigenvalue weighted by Crippen LogP contribution is -2.16. The summed E-state index contributed by atoms with van der Waals surface area (Å²) in [4.78, 5) is 4.09. The van der Waals surface area contributed by atoms with Gasteiger partial charge in [-0.05, 0) is 42.8 Å². The van der Waals surface area contributed by atoms with Crippen molar-refractivity contribution in [3.05, 3.63) is 28.0 Å². The second-order valence-corrected chi connectivity index (χ2v) is 4.22. The minimum absolute atomic E-state index is 0.813. The maximum absolute atomic E-state index is 9.74. The molecule has 0 radical (unpaired) electrons. The van der Waals surface area contributed by atoms with Gasteiger partial charge in [-0.25, -0.2) is 0 Å². The second-order valence-electron chi connectivity index (χ2n) is 3.36. The van der Waals surface area contributed by atoms with Gasteiger partial charge in [-0.2, -0.15) is 0 Å². The van der Waals surface area contributed by atoms with E-state index in [4.69, 9.17) is 0 Å². The maximum Gasteiger partial charge on any atom is 0.0852 e. The Labute approximate surface area is 80.8 Å². The van der Waals surface area contributed by atoms with E-state index in [1.165, 1.54) is 0 Å². The highest BCUT2D eigenvalue weighted by Gasteiger charge is 2.19. The first kappa shape index (κ1) is 9.68. The Morgan fingerprint density at radius 1 is 1.50 bits per heavy atom. The van der Waals surface area contributed by atoms with Crippen molar-refractivity contribution < 1.29 is 5.11 Å². The minimum atomic E-state index is -0.813. The predicted molar refractivity (Wildman–Crippen MR) is 51.9 cm³/mol. The van der Waals surface area contributed by atoms with Gasteiger partial charge in [0.2, 0.25) is 0 Å². The van der Waals surface area contributed by atoms with Gasteiger partial charge in [-0.1, -0.05) is 0 Å². The number of aromatic nitrogens is 1. The van der Waals surface area contributed by atoms with Crippen LogP contribution >= 0.6 is 15.9 Å². The van der Waals surface area contributed by atoms with Crippen LogP contribution in [0.15, 0.2) is 16.7 Å².